The van der Waals surface area contributed by atoms with Gasteiger partial charge in [-0.1, -0.05) is 59.8 Å². The van der Waals surface area contributed by atoms with E-state index in [9.17, 15) is 14.7 Å². The Morgan fingerprint density at radius 3 is 2.40 bits per heavy atom. The number of thiophene rings is 1. The number of hydrogen-bond donors (Lipinski definition) is 2. The van der Waals surface area contributed by atoms with Crippen molar-refractivity contribution in [1.29, 1.82) is 0 Å². The first kappa shape index (κ1) is 22.8. The van der Waals surface area contributed by atoms with E-state index in [2.05, 4.69) is 15.6 Å². The van der Waals surface area contributed by atoms with Crippen LogP contribution in [0.2, 0.25) is 0 Å². The fourth-order valence-corrected chi connectivity index (χ4v) is 5.25. The van der Waals surface area contributed by atoms with Gasteiger partial charge in [0.25, 0.3) is 0 Å². The molecule has 2 heterocycles. The molecule has 0 bridgehead atoms. The van der Waals surface area contributed by atoms with Gasteiger partial charge >= 0.3 is 12.1 Å². The zero-order valence-corrected chi connectivity index (χ0v) is 20.1. The lowest BCUT2D eigenvalue weighted by atomic mass is 10.1. The van der Waals surface area contributed by atoms with Crippen LogP contribution in [0.1, 0.15) is 36.3 Å². The Kier molecular flexibility index (Phi) is 5.86. The summed E-state index contributed by atoms with van der Waals surface area (Å²) in [5.74, 6) is -0.320. The summed E-state index contributed by atoms with van der Waals surface area (Å²) in [7, 11) is 1.70. The highest BCUT2D eigenvalue weighted by Crippen LogP contribution is 2.51. The number of benzene rings is 2. The van der Waals surface area contributed by atoms with Gasteiger partial charge in [-0.05, 0) is 43.0 Å². The fourth-order valence-electron chi connectivity index (χ4n) is 4.00. The van der Waals surface area contributed by atoms with Crippen LogP contribution >= 0.6 is 11.3 Å². The fraction of sp³-hybridized carbons (Fsp3) is 0.231. The van der Waals surface area contributed by atoms with Gasteiger partial charge in [0.05, 0.1) is 0 Å². The van der Waals surface area contributed by atoms with Gasteiger partial charge in [0.2, 0.25) is 0 Å². The predicted molar refractivity (Wildman–Crippen MR) is 133 cm³/mol. The number of carboxylic acids is 1. The first-order chi connectivity index (χ1) is 16.9. The molecular weight excluding hydrogens is 464 g/mol. The number of nitrogens with one attached hydrogen (secondary N) is 1. The second kappa shape index (κ2) is 8.99. The van der Waals surface area contributed by atoms with Crippen LogP contribution in [0.4, 0.5) is 10.6 Å². The van der Waals surface area contributed by atoms with Crippen molar-refractivity contribution in [2.45, 2.75) is 31.3 Å². The minimum Gasteiger partial charge on any atom is -0.481 e. The average Bonchev–Trinajstić information content (AvgIpc) is 3.40. The van der Waals surface area contributed by atoms with Crippen molar-refractivity contribution in [3.05, 3.63) is 77.2 Å². The lowest BCUT2D eigenvalue weighted by Crippen LogP contribution is -2.18. The molecule has 35 heavy (non-hydrogen) atoms. The van der Waals surface area contributed by atoms with Crippen LogP contribution in [0.15, 0.2) is 66.7 Å². The smallest absolute Gasteiger partial charge is 0.413 e. The van der Waals surface area contributed by atoms with Crippen molar-refractivity contribution in [2.24, 2.45) is 7.05 Å². The topological polar surface area (TPSA) is 106 Å². The van der Waals surface area contributed by atoms with Gasteiger partial charge in [0.15, 0.2) is 5.82 Å². The Morgan fingerprint density at radius 1 is 1.06 bits per heavy atom. The number of carbonyl (C=O) groups is 2. The number of rotatable bonds is 7. The summed E-state index contributed by atoms with van der Waals surface area (Å²) >= 11 is 1.52. The Balaban J connectivity index is 1.31. The molecule has 2 aromatic heterocycles. The molecule has 5 rings (SSSR count). The minimum atomic E-state index is -0.749. The summed E-state index contributed by atoms with van der Waals surface area (Å²) in [6, 6.07) is 21.1. The summed E-state index contributed by atoms with van der Waals surface area (Å²) in [5, 5.41) is 20.6. The van der Waals surface area contributed by atoms with Crippen molar-refractivity contribution in [3.63, 3.8) is 0 Å². The zero-order valence-electron chi connectivity index (χ0n) is 19.3. The summed E-state index contributed by atoms with van der Waals surface area (Å²) in [5.41, 5.74) is 2.50. The largest absolute Gasteiger partial charge is 0.481 e. The van der Waals surface area contributed by atoms with Crippen molar-refractivity contribution < 1.29 is 19.4 Å². The molecule has 0 saturated heterocycles. The average molecular weight is 489 g/mol. The maximum Gasteiger partial charge on any atom is 0.413 e. The molecule has 1 atom stereocenters. The number of amides is 1. The molecule has 1 fully saturated rings. The van der Waals surface area contributed by atoms with Gasteiger partial charge in [0, 0.05) is 22.4 Å². The lowest BCUT2D eigenvalue weighted by Gasteiger charge is -2.14. The number of carbonyl (C=O) groups excluding carboxylic acids is 1. The number of nitrogens with zero attached hydrogens (tertiary/aromatic N) is 3. The monoisotopic (exact) mass is 488 g/mol. The van der Waals surface area contributed by atoms with E-state index in [4.69, 9.17) is 4.74 Å². The number of hydrogen-bond acceptors (Lipinski definition) is 6. The van der Waals surface area contributed by atoms with E-state index in [0.29, 0.717) is 24.4 Å². The first-order valence-corrected chi connectivity index (χ1v) is 12.1. The van der Waals surface area contributed by atoms with E-state index >= 15 is 0 Å². The van der Waals surface area contributed by atoms with Crippen LogP contribution in [-0.4, -0.2) is 32.2 Å². The third-order valence-electron chi connectivity index (χ3n) is 6.28. The van der Waals surface area contributed by atoms with Crippen molar-refractivity contribution in [3.8, 4) is 21.7 Å². The van der Waals surface area contributed by atoms with Crippen LogP contribution in [0.25, 0.3) is 21.7 Å². The molecule has 0 unspecified atom stereocenters. The normalized spacial score (nSPS) is 14.8. The number of aryl methyl sites for hydroxylation is 1. The standard InChI is InChI=1S/C26H24N4O4S/c1-16(17-6-4-3-5-7-17)34-25(33)27-23-22(28-29-30(23)2)19-10-8-18(9-11-19)20-12-13-21(35-20)26(14-15-26)24(31)32/h3-13,16H,14-15H2,1-2H3,(H,27,33)(H,31,32)/t16-/m1/s1. The van der Waals surface area contributed by atoms with E-state index < -0.39 is 23.6 Å². The second-order valence-electron chi connectivity index (χ2n) is 8.62. The zero-order chi connectivity index (χ0) is 24.6. The maximum absolute atomic E-state index is 12.6. The molecule has 178 valence electrons. The summed E-state index contributed by atoms with van der Waals surface area (Å²) < 4.78 is 7.02. The van der Waals surface area contributed by atoms with Gasteiger partial charge in [0.1, 0.15) is 17.2 Å². The first-order valence-electron chi connectivity index (χ1n) is 11.2. The molecule has 0 aliphatic heterocycles. The van der Waals surface area contributed by atoms with E-state index in [1.807, 2.05) is 73.7 Å². The Bertz CT molecular complexity index is 1370. The highest BCUT2D eigenvalue weighted by molar-refractivity contribution is 7.15. The van der Waals surface area contributed by atoms with Gasteiger partial charge < -0.3 is 9.84 Å². The van der Waals surface area contributed by atoms with Gasteiger partial charge in [-0.3, -0.25) is 10.1 Å². The van der Waals surface area contributed by atoms with Gasteiger partial charge in [-0.2, -0.15) is 0 Å². The minimum absolute atomic E-state index is 0.410. The molecule has 1 aliphatic rings. The van der Waals surface area contributed by atoms with Crippen LogP contribution in [-0.2, 0) is 22.0 Å². The maximum atomic E-state index is 12.6. The molecule has 1 amide bonds. The van der Waals surface area contributed by atoms with E-state index in [-0.39, 0.29) is 0 Å². The number of aromatic nitrogens is 3. The third-order valence-corrected chi connectivity index (χ3v) is 7.62. The predicted octanol–water partition coefficient (Wildman–Crippen LogP) is 5.64. The molecular formula is C26H24N4O4S. The molecule has 9 heteroatoms. The highest BCUT2D eigenvalue weighted by Gasteiger charge is 2.52. The summed E-state index contributed by atoms with van der Waals surface area (Å²) in [6.45, 7) is 1.81. The second-order valence-corrected chi connectivity index (χ2v) is 9.71. The van der Waals surface area contributed by atoms with Crippen molar-refractivity contribution in [2.75, 3.05) is 5.32 Å². The van der Waals surface area contributed by atoms with E-state index in [1.165, 1.54) is 16.0 Å². The van der Waals surface area contributed by atoms with Crippen LogP contribution in [0.5, 0.6) is 0 Å². The van der Waals surface area contributed by atoms with E-state index in [0.717, 1.165) is 26.4 Å². The van der Waals surface area contributed by atoms with Crippen molar-refractivity contribution >= 4 is 29.2 Å². The number of anilines is 1. The molecule has 4 aromatic rings. The Labute approximate surface area is 206 Å². The molecule has 0 spiro atoms. The molecule has 8 nitrogen and oxygen atoms in total. The summed E-state index contributed by atoms with van der Waals surface area (Å²) in [4.78, 5) is 26.1. The number of aliphatic carboxylic acids is 1. The molecule has 1 aliphatic carbocycles. The molecule has 2 aromatic carbocycles. The third kappa shape index (κ3) is 4.42. The highest BCUT2D eigenvalue weighted by atomic mass is 32.1. The number of ether oxygens (including phenoxy) is 1. The Morgan fingerprint density at radius 2 is 1.74 bits per heavy atom. The molecule has 2 N–H and O–H groups in total. The van der Waals surface area contributed by atoms with Gasteiger partial charge in [-0.25, -0.2) is 9.48 Å². The van der Waals surface area contributed by atoms with Crippen LogP contribution in [0.3, 0.4) is 0 Å². The number of carboxylic acid groups (broad SMARTS) is 1. The molecule has 1 saturated carbocycles. The molecule has 0 radical (unpaired) electrons. The van der Waals surface area contributed by atoms with Crippen LogP contribution < -0.4 is 5.32 Å². The quantitative estimate of drug-likeness (QED) is 0.349. The van der Waals surface area contributed by atoms with Gasteiger partial charge in [-0.15, -0.1) is 16.4 Å². The Hall–Kier alpha value is -3.98. The van der Waals surface area contributed by atoms with Crippen molar-refractivity contribution in [1.82, 2.24) is 15.0 Å². The SMILES string of the molecule is C[C@@H](OC(=O)Nc1c(-c2ccc(-c3ccc(C4(C(=O)O)CC4)s3)cc2)nnn1C)c1ccccc1. The van der Waals surface area contributed by atoms with Crippen LogP contribution in [0, 0.1) is 0 Å². The lowest BCUT2D eigenvalue weighted by molar-refractivity contribution is -0.139. The van der Waals surface area contributed by atoms with E-state index in [1.54, 1.807) is 7.05 Å². The summed E-state index contributed by atoms with van der Waals surface area (Å²) in [6.07, 6.45) is 0.377.